The Morgan fingerprint density at radius 3 is 2.70 bits per heavy atom. The molecule has 0 aliphatic carbocycles. The second-order valence-electron chi connectivity index (χ2n) is 10.9. The highest BCUT2D eigenvalue weighted by Gasteiger charge is 2.40. The molecule has 3 aromatic carbocycles. The number of hydrogen-bond donors (Lipinski definition) is 1. The van der Waals surface area contributed by atoms with Gasteiger partial charge in [0.05, 0.1) is 23.1 Å². The Morgan fingerprint density at radius 1 is 1.16 bits per heavy atom. The number of carbonyl (C=O) groups is 1. The molecule has 6 rings (SSSR count). The van der Waals surface area contributed by atoms with E-state index in [-0.39, 0.29) is 28.0 Å². The third-order valence-electron chi connectivity index (χ3n) is 7.91. The Morgan fingerprint density at radius 2 is 1.95 bits per heavy atom. The molecular weight excluding hydrogens is 597 g/mol. The molecule has 1 unspecified atom stereocenters. The van der Waals surface area contributed by atoms with Gasteiger partial charge in [0.15, 0.2) is 33.1 Å². The van der Waals surface area contributed by atoms with Crippen LogP contribution in [0.1, 0.15) is 36.7 Å². The first-order valence-corrected chi connectivity index (χ1v) is 15.6. The smallest absolute Gasteiger partial charge is 0.204 e. The van der Waals surface area contributed by atoms with Gasteiger partial charge in [0.2, 0.25) is 5.82 Å². The lowest BCUT2D eigenvalue weighted by Crippen LogP contribution is -2.33. The highest BCUT2D eigenvalue weighted by molar-refractivity contribution is 7.91. The topological polar surface area (TPSA) is 116 Å². The van der Waals surface area contributed by atoms with Gasteiger partial charge in [-0.15, -0.1) is 0 Å². The maximum absolute atomic E-state index is 15.3. The average Bonchev–Trinajstić information content (AvgIpc) is 3.62. The molecule has 3 heterocycles. The molecule has 0 fully saturated rings. The summed E-state index contributed by atoms with van der Waals surface area (Å²) in [6.07, 6.45) is 4.40. The van der Waals surface area contributed by atoms with E-state index in [4.69, 9.17) is 14.5 Å². The van der Waals surface area contributed by atoms with Crippen molar-refractivity contribution in [2.24, 2.45) is 7.05 Å². The van der Waals surface area contributed by atoms with Crippen LogP contribution in [-0.2, 0) is 33.5 Å². The third-order valence-corrected chi connectivity index (χ3v) is 9.05. The van der Waals surface area contributed by atoms with E-state index in [2.05, 4.69) is 10.1 Å². The van der Waals surface area contributed by atoms with Gasteiger partial charge in [-0.05, 0) is 49.6 Å². The van der Waals surface area contributed by atoms with Gasteiger partial charge >= 0.3 is 0 Å². The molecule has 1 aliphatic rings. The van der Waals surface area contributed by atoms with Gasteiger partial charge in [0.25, 0.3) is 0 Å². The van der Waals surface area contributed by atoms with Crippen LogP contribution in [0.4, 0.5) is 13.2 Å². The Hall–Kier alpha value is -4.65. The quantitative estimate of drug-likeness (QED) is 0.171. The van der Waals surface area contributed by atoms with Gasteiger partial charge in [0, 0.05) is 36.9 Å². The Kier molecular flexibility index (Phi) is 7.23. The summed E-state index contributed by atoms with van der Waals surface area (Å²) in [5.74, 6) is -3.29. The van der Waals surface area contributed by atoms with Crippen LogP contribution in [0.25, 0.3) is 22.3 Å². The van der Waals surface area contributed by atoms with E-state index in [0.717, 1.165) is 29.7 Å². The number of aldehydes is 1. The number of nitrogens with zero attached hydrogens (tertiary/aromatic N) is 3. The molecule has 0 amide bonds. The van der Waals surface area contributed by atoms with Crippen molar-refractivity contribution in [3.8, 4) is 28.6 Å². The molecule has 0 saturated heterocycles. The first kappa shape index (κ1) is 29.4. The lowest BCUT2D eigenvalue weighted by molar-refractivity contribution is -0.107. The summed E-state index contributed by atoms with van der Waals surface area (Å²) < 4.78 is 83.7. The number of rotatable bonds is 8. The second kappa shape index (κ2) is 10.8. The number of H-pyrrole nitrogens is 1. The first-order chi connectivity index (χ1) is 20.9. The summed E-state index contributed by atoms with van der Waals surface area (Å²) in [4.78, 5) is 17.7. The predicted octanol–water partition coefficient (Wildman–Crippen LogP) is 5.80. The fourth-order valence-electron chi connectivity index (χ4n) is 5.67. The van der Waals surface area contributed by atoms with Gasteiger partial charge in [0.1, 0.15) is 28.5 Å². The van der Waals surface area contributed by atoms with Crippen molar-refractivity contribution in [2.45, 2.75) is 36.5 Å². The maximum Gasteiger partial charge on any atom is 0.204 e. The Bertz CT molecular complexity index is 2060. The summed E-state index contributed by atoms with van der Waals surface area (Å²) in [6, 6.07) is 10.5. The zero-order valence-corrected chi connectivity index (χ0v) is 24.8. The third kappa shape index (κ3) is 4.80. The van der Waals surface area contributed by atoms with Crippen molar-refractivity contribution in [1.82, 2.24) is 19.7 Å². The highest BCUT2D eigenvalue weighted by atomic mass is 32.2. The number of aromatic nitrogens is 4. The van der Waals surface area contributed by atoms with Gasteiger partial charge in [-0.2, -0.15) is 9.49 Å². The number of hydrogen-bond acceptors (Lipinski definition) is 7. The minimum atomic E-state index is -4.10. The second-order valence-corrected chi connectivity index (χ2v) is 12.8. The highest BCUT2D eigenvalue weighted by Crippen LogP contribution is 2.45. The Balaban J connectivity index is 1.42. The summed E-state index contributed by atoms with van der Waals surface area (Å²) in [5, 5.41) is 4.54. The molecule has 0 bridgehead atoms. The lowest BCUT2D eigenvalue weighted by atomic mass is 9.76. The molecule has 0 spiro atoms. The van der Waals surface area contributed by atoms with Gasteiger partial charge in [-0.25, -0.2) is 26.9 Å². The fourth-order valence-corrected chi connectivity index (χ4v) is 6.70. The molecule has 2 aromatic heterocycles. The molecule has 228 valence electrons. The molecule has 9 nitrogen and oxygen atoms in total. The molecule has 1 N–H and O–H groups in total. The van der Waals surface area contributed by atoms with Crippen LogP contribution in [0.2, 0.25) is 0 Å². The molecule has 5 aromatic rings. The van der Waals surface area contributed by atoms with E-state index in [9.17, 15) is 17.6 Å². The standard InChI is InChI=1S/C31H27F3N4O5S/c1-31(12-15-42-26-17(7-5-14-39)6-4-8-21(26)31)30-36-29(38(2)37-30)20-16-18(9-10-22(20)32)43-27-24(34)23(33)25-19(11-13-35-25)28(27)44(3,40)41/h4,6,8-11,13-14,16,35H,5,7,12,15H2,1-3H3. The summed E-state index contributed by atoms with van der Waals surface area (Å²) in [5.41, 5.74) is 0.655. The summed E-state index contributed by atoms with van der Waals surface area (Å²) in [6.45, 7) is 2.34. The summed E-state index contributed by atoms with van der Waals surface area (Å²) >= 11 is 0. The van der Waals surface area contributed by atoms with Crippen LogP contribution in [0.3, 0.4) is 0 Å². The zero-order chi connectivity index (χ0) is 31.4. The van der Waals surface area contributed by atoms with Crippen LogP contribution in [0.15, 0.2) is 53.6 Å². The van der Waals surface area contributed by atoms with E-state index in [1.54, 1.807) is 7.05 Å². The van der Waals surface area contributed by atoms with Crippen LogP contribution in [-0.4, -0.2) is 47.3 Å². The van der Waals surface area contributed by atoms with Crippen LogP contribution in [0.5, 0.6) is 17.2 Å². The largest absolute Gasteiger partial charge is 0.493 e. The number of para-hydroxylation sites is 1. The molecular formula is C31H27F3N4O5S. The number of nitrogens with one attached hydrogen (secondary N) is 1. The molecule has 13 heteroatoms. The van der Waals surface area contributed by atoms with E-state index in [1.807, 2.05) is 25.1 Å². The van der Waals surface area contributed by atoms with Crippen molar-refractivity contribution in [3.63, 3.8) is 0 Å². The van der Waals surface area contributed by atoms with E-state index >= 15 is 8.78 Å². The molecule has 44 heavy (non-hydrogen) atoms. The number of sulfone groups is 1. The minimum absolute atomic E-state index is 0.0520. The van der Waals surface area contributed by atoms with E-state index in [0.29, 0.717) is 37.4 Å². The van der Waals surface area contributed by atoms with Gasteiger partial charge in [-0.1, -0.05) is 18.2 Å². The van der Waals surface area contributed by atoms with Crippen molar-refractivity contribution >= 4 is 27.0 Å². The van der Waals surface area contributed by atoms with E-state index in [1.165, 1.54) is 29.1 Å². The average molecular weight is 625 g/mol. The Labute approximate surface area is 250 Å². The number of fused-ring (bicyclic) bond motifs is 2. The minimum Gasteiger partial charge on any atom is -0.493 e. The van der Waals surface area contributed by atoms with Crippen molar-refractivity contribution in [2.75, 3.05) is 12.9 Å². The fraction of sp³-hybridized carbons (Fsp3) is 0.258. The predicted molar refractivity (Wildman–Crippen MR) is 155 cm³/mol. The van der Waals surface area contributed by atoms with Crippen LogP contribution in [0, 0.1) is 17.5 Å². The van der Waals surface area contributed by atoms with Crippen molar-refractivity contribution < 1.29 is 35.9 Å². The number of aryl methyl sites for hydroxylation is 2. The van der Waals surface area contributed by atoms with Crippen molar-refractivity contribution in [3.05, 3.63) is 83.1 Å². The number of ether oxygens (including phenoxy) is 2. The van der Waals surface area contributed by atoms with Crippen LogP contribution >= 0.6 is 0 Å². The monoisotopic (exact) mass is 624 g/mol. The van der Waals surface area contributed by atoms with Crippen LogP contribution < -0.4 is 9.47 Å². The van der Waals surface area contributed by atoms with Crippen molar-refractivity contribution in [1.29, 1.82) is 0 Å². The lowest BCUT2D eigenvalue weighted by Gasteiger charge is -2.34. The SMILES string of the molecule is Cn1nc(C2(C)CCOc3c(CCC=O)cccc32)nc1-c1cc(Oc2c(F)c(F)c3[nH]ccc3c2S(C)(=O)=O)ccc1F. The number of carbonyl (C=O) groups excluding carboxylic acids is 1. The number of aromatic amines is 1. The van der Waals surface area contributed by atoms with Gasteiger partial charge in [-0.3, -0.25) is 0 Å². The first-order valence-electron chi connectivity index (χ1n) is 13.7. The normalized spacial score (nSPS) is 16.5. The molecule has 0 saturated carbocycles. The molecule has 1 atom stereocenters. The van der Waals surface area contributed by atoms with E-state index < -0.39 is 43.3 Å². The maximum atomic E-state index is 15.3. The number of halogens is 3. The summed E-state index contributed by atoms with van der Waals surface area (Å²) in [7, 11) is -2.50. The molecule has 0 radical (unpaired) electrons. The molecule has 1 aliphatic heterocycles. The zero-order valence-electron chi connectivity index (χ0n) is 23.9. The van der Waals surface area contributed by atoms with Gasteiger partial charge < -0.3 is 19.3 Å². The number of benzene rings is 3.